The molecule has 1 aliphatic heterocycles. The lowest BCUT2D eigenvalue weighted by molar-refractivity contribution is 0.0733. The number of aryl methyl sites for hydroxylation is 1. The third kappa shape index (κ3) is 4.64. The molecule has 0 bridgehead atoms. The van der Waals surface area contributed by atoms with E-state index in [1.165, 1.54) is 6.26 Å². The van der Waals surface area contributed by atoms with Crippen molar-refractivity contribution in [2.45, 2.75) is 26.2 Å². The van der Waals surface area contributed by atoms with E-state index in [1.807, 2.05) is 19.1 Å². The van der Waals surface area contributed by atoms with Crippen molar-refractivity contribution >= 4 is 16.9 Å². The third-order valence-electron chi connectivity index (χ3n) is 6.06. The average molecular weight is 487 g/mol. The Bertz CT molecular complexity index is 1470. The predicted octanol–water partition coefficient (Wildman–Crippen LogP) is 5.80. The Balaban J connectivity index is 1.51. The summed E-state index contributed by atoms with van der Waals surface area (Å²) in [5.41, 5.74) is 2.43. The molecule has 0 amide bonds. The van der Waals surface area contributed by atoms with Gasteiger partial charge in [0.2, 0.25) is 5.43 Å². The molecule has 0 spiro atoms. The zero-order chi connectivity index (χ0) is 25.1. The summed E-state index contributed by atoms with van der Waals surface area (Å²) in [7, 11) is 1.56. The van der Waals surface area contributed by atoms with Crippen LogP contribution in [0.4, 0.5) is 0 Å². The maximum Gasteiger partial charge on any atom is 0.343 e. The summed E-state index contributed by atoms with van der Waals surface area (Å²) in [6, 6.07) is 15.5. The summed E-state index contributed by atoms with van der Waals surface area (Å²) in [6.07, 6.45) is 3.67. The van der Waals surface area contributed by atoms with E-state index in [9.17, 15) is 9.59 Å². The van der Waals surface area contributed by atoms with Crippen LogP contribution < -0.4 is 24.4 Å². The van der Waals surface area contributed by atoms with Gasteiger partial charge < -0.3 is 23.4 Å². The number of carbonyl (C=O) groups is 1. The van der Waals surface area contributed by atoms with Crippen molar-refractivity contribution in [1.82, 2.24) is 0 Å². The van der Waals surface area contributed by atoms with Crippen molar-refractivity contribution in [3.05, 3.63) is 82.2 Å². The minimum absolute atomic E-state index is 0.170. The van der Waals surface area contributed by atoms with Gasteiger partial charge in [0.15, 0.2) is 11.5 Å². The van der Waals surface area contributed by atoms with E-state index < -0.39 is 5.97 Å². The molecule has 7 heteroatoms. The van der Waals surface area contributed by atoms with Crippen LogP contribution in [0.3, 0.4) is 0 Å². The topological polar surface area (TPSA) is 84.2 Å². The molecule has 0 fully saturated rings. The molecule has 0 saturated carbocycles. The number of fused-ring (bicyclic) bond motifs is 2. The first-order valence-electron chi connectivity index (χ1n) is 11.9. The summed E-state index contributed by atoms with van der Waals surface area (Å²) in [6.45, 7) is 3.17. The smallest absolute Gasteiger partial charge is 0.343 e. The molecule has 3 aromatic carbocycles. The van der Waals surface area contributed by atoms with E-state index >= 15 is 0 Å². The molecule has 36 heavy (non-hydrogen) atoms. The molecule has 2 heterocycles. The highest BCUT2D eigenvalue weighted by atomic mass is 16.5. The van der Waals surface area contributed by atoms with Gasteiger partial charge >= 0.3 is 5.97 Å². The first-order valence-corrected chi connectivity index (χ1v) is 11.9. The lowest BCUT2D eigenvalue weighted by Crippen LogP contribution is -2.11. The van der Waals surface area contributed by atoms with E-state index in [2.05, 4.69) is 0 Å². The van der Waals surface area contributed by atoms with Crippen LogP contribution in [0, 0.1) is 0 Å². The maximum absolute atomic E-state index is 13.5. The van der Waals surface area contributed by atoms with Gasteiger partial charge in [-0.3, -0.25) is 4.79 Å². The van der Waals surface area contributed by atoms with Crippen molar-refractivity contribution < 1.29 is 28.2 Å². The van der Waals surface area contributed by atoms with E-state index in [0.29, 0.717) is 70.3 Å². The molecular weight excluding hydrogens is 460 g/mol. The molecule has 0 saturated heterocycles. The number of hydrogen-bond acceptors (Lipinski definition) is 7. The second-order valence-corrected chi connectivity index (χ2v) is 8.51. The van der Waals surface area contributed by atoms with Gasteiger partial charge in [-0.15, -0.1) is 0 Å². The van der Waals surface area contributed by atoms with Crippen molar-refractivity contribution in [2.24, 2.45) is 0 Å². The Labute approximate surface area is 208 Å². The van der Waals surface area contributed by atoms with Crippen LogP contribution >= 0.6 is 0 Å². The normalized spacial score (nSPS) is 12.7. The molecule has 184 valence electrons. The van der Waals surface area contributed by atoms with Gasteiger partial charge in [0.1, 0.15) is 23.3 Å². The van der Waals surface area contributed by atoms with Gasteiger partial charge in [0.05, 0.1) is 36.8 Å². The second-order valence-electron chi connectivity index (χ2n) is 8.51. The zero-order valence-electron chi connectivity index (χ0n) is 20.2. The standard InChI is InChI=1S/C29H26O7/c1-3-5-20-14-22-26(16-25(20)36-29(31)18-6-9-21(32-2)10-7-18)35-17-23(28(22)30)19-8-11-24-27(15-19)34-13-4-12-33-24/h6-11,14-17H,3-5,12-13H2,1-2H3. The first kappa shape index (κ1) is 23.5. The predicted molar refractivity (Wildman–Crippen MR) is 135 cm³/mol. The van der Waals surface area contributed by atoms with Gasteiger partial charge in [0.25, 0.3) is 0 Å². The average Bonchev–Trinajstić information content (AvgIpc) is 3.15. The van der Waals surface area contributed by atoms with E-state index in [-0.39, 0.29) is 5.43 Å². The fourth-order valence-electron chi connectivity index (χ4n) is 4.18. The van der Waals surface area contributed by atoms with Crippen molar-refractivity contribution in [1.29, 1.82) is 0 Å². The number of esters is 1. The van der Waals surface area contributed by atoms with E-state index in [4.69, 9.17) is 23.4 Å². The summed E-state index contributed by atoms with van der Waals surface area (Å²) in [5.74, 6) is 1.79. The highest BCUT2D eigenvalue weighted by molar-refractivity contribution is 5.92. The highest BCUT2D eigenvalue weighted by Crippen LogP contribution is 2.34. The molecular formula is C29H26O7. The molecule has 4 aromatic rings. The minimum atomic E-state index is -0.500. The number of methoxy groups -OCH3 is 1. The Morgan fingerprint density at radius 3 is 2.50 bits per heavy atom. The van der Waals surface area contributed by atoms with E-state index in [0.717, 1.165) is 18.4 Å². The zero-order valence-corrected chi connectivity index (χ0v) is 20.2. The van der Waals surface area contributed by atoms with Crippen molar-refractivity contribution in [3.8, 4) is 34.1 Å². The first-order chi connectivity index (χ1) is 17.6. The lowest BCUT2D eigenvalue weighted by Gasteiger charge is -2.12. The van der Waals surface area contributed by atoms with Gasteiger partial charge in [0, 0.05) is 12.5 Å². The molecule has 0 aliphatic carbocycles. The molecule has 1 aromatic heterocycles. The van der Waals surface area contributed by atoms with Gasteiger partial charge in [-0.05, 0) is 60.0 Å². The maximum atomic E-state index is 13.5. The number of ether oxygens (including phenoxy) is 4. The SMILES string of the molecule is CCCc1cc2c(=O)c(-c3ccc4c(c3)OCCCO4)coc2cc1OC(=O)c1ccc(OC)cc1. The molecule has 5 rings (SSSR count). The summed E-state index contributed by atoms with van der Waals surface area (Å²) < 4.78 is 28.2. The van der Waals surface area contributed by atoms with Crippen LogP contribution in [-0.2, 0) is 6.42 Å². The lowest BCUT2D eigenvalue weighted by atomic mass is 10.0. The Morgan fingerprint density at radius 1 is 0.972 bits per heavy atom. The summed E-state index contributed by atoms with van der Waals surface area (Å²) >= 11 is 0. The van der Waals surface area contributed by atoms with Crippen LogP contribution in [0.15, 0.2) is 70.1 Å². The van der Waals surface area contributed by atoms with Gasteiger partial charge in [-0.25, -0.2) is 4.79 Å². The van der Waals surface area contributed by atoms with Gasteiger partial charge in [-0.2, -0.15) is 0 Å². The molecule has 7 nitrogen and oxygen atoms in total. The number of carbonyl (C=O) groups excluding carboxylic acids is 1. The van der Waals surface area contributed by atoms with Crippen LogP contribution in [0.5, 0.6) is 23.0 Å². The number of rotatable bonds is 6. The van der Waals surface area contributed by atoms with Crippen molar-refractivity contribution in [3.63, 3.8) is 0 Å². The van der Waals surface area contributed by atoms with E-state index in [1.54, 1.807) is 49.6 Å². The highest BCUT2D eigenvalue weighted by Gasteiger charge is 2.18. The Kier molecular flexibility index (Phi) is 6.62. The van der Waals surface area contributed by atoms with Gasteiger partial charge in [-0.1, -0.05) is 19.4 Å². The molecule has 0 N–H and O–H groups in total. The fraction of sp³-hybridized carbons (Fsp3) is 0.241. The van der Waals surface area contributed by atoms with Crippen LogP contribution in [0.2, 0.25) is 0 Å². The largest absolute Gasteiger partial charge is 0.497 e. The van der Waals surface area contributed by atoms with Crippen LogP contribution in [0.1, 0.15) is 35.7 Å². The second kappa shape index (κ2) is 10.2. The van der Waals surface area contributed by atoms with Crippen LogP contribution in [0.25, 0.3) is 22.1 Å². The number of benzene rings is 3. The molecule has 0 radical (unpaired) electrons. The molecule has 1 aliphatic rings. The summed E-state index contributed by atoms with van der Waals surface area (Å²) in [4.78, 5) is 26.3. The molecule has 0 unspecified atom stereocenters. The monoisotopic (exact) mass is 486 g/mol. The minimum Gasteiger partial charge on any atom is -0.497 e. The fourth-order valence-corrected chi connectivity index (χ4v) is 4.18. The van der Waals surface area contributed by atoms with Crippen molar-refractivity contribution in [2.75, 3.05) is 20.3 Å². The summed E-state index contributed by atoms with van der Waals surface area (Å²) in [5, 5.41) is 0.423. The quantitative estimate of drug-likeness (QED) is 0.251. The Morgan fingerprint density at radius 2 is 1.75 bits per heavy atom. The Hall–Kier alpha value is -4.26. The number of hydrogen-bond donors (Lipinski definition) is 0. The van der Waals surface area contributed by atoms with Crippen LogP contribution in [-0.4, -0.2) is 26.3 Å². The third-order valence-corrected chi connectivity index (χ3v) is 6.06. The molecule has 0 atom stereocenters.